The molecule has 0 aliphatic rings. The van der Waals surface area contributed by atoms with Crippen LogP contribution in [-0.4, -0.2) is 21.7 Å². The molecule has 6 heteroatoms. The highest BCUT2D eigenvalue weighted by Crippen LogP contribution is 2.25. The molecule has 1 aromatic heterocycles. The third kappa shape index (κ3) is 4.24. The maximum atomic E-state index is 13.1. The van der Waals surface area contributed by atoms with E-state index in [1.165, 1.54) is 0 Å². The zero-order valence-electron chi connectivity index (χ0n) is 18.0. The number of aromatic nitrogens is 1. The Morgan fingerprint density at radius 1 is 0.812 bits per heavy atom. The summed E-state index contributed by atoms with van der Waals surface area (Å²) < 4.78 is 7.76. The van der Waals surface area contributed by atoms with Gasteiger partial charge in [-0.15, -0.1) is 0 Å². The molecule has 0 saturated heterocycles. The average molecular weight is 425 g/mol. The van der Waals surface area contributed by atoms with E-state index in [9.17, 15) is 14.8 Å². The first-order valence-corrected chi connectivity index (χ1v) is 10.4. The van der Waals surface area contributed by atoms with Crippen LogP contribution in [0.15, 0.2) is 89.7 Å². The van der Waals surface area contributed by atoms with E-state index >= 15 is 0 Å². The smallest absolute Gasteiger partial charge is 0.483 e. The lowest BCUT2D eigenvalue weighted by atomic mass is 9.78. The molecular formula is C26H24BNO4. The van der Waals surface area contributed by atoms with Gasteiger partial charge in [-0.3, -0.25) is 4.79 Å². The summed E-state index contributed by atoms with van der Waals surface area (Å²) in [5, 5.41) is 20.0. The fraction of sp³-hybridized carbons (Fsp3) is 0.115. The van der Waals surface area contributed by atoms with Gasteiger partial charge < -0.3 is 19.4 Å². The van der Waals surface area contributed by atoms with E-state index < -0.39 is 12.5 Å². The van der Waals surface area contributed by atoms with Crippen LogP contribution in [0, 0.1) is 13.8 Å². The lowest BCUT2D eigenvalue weighted by Gasteiger charge is -2.21. The van der Waals surface area contributed by atoms with Crippen LogP contribution < -0.4 is 15.6 Å². The van der Waals surface area contributed by atoms with Gasteiger partial charge in [-0.2, -0.15) is 0 Å². The van der Waals surface area contributed by atoms with Crippen LogP contribution in [0.25, 0.3) is 16.8 Å². The number of hydrogen-bond donors (Lipinski definition) is 2. The normalized spacial score (nSPS) is 10.8. The standard InChI is InChI=1S/C26H24BNO4/c1-18-24(27(30)31)25(29)26(32-17-20-10-5-3-6-11-20)19(2)28(18)23-15-9-14-22(16-23)21-12-7-4-8-13-21/h3-16,30-31H,17H2,1-2H3. The summed E-state index contributed by atoms with van der Waals surface area (Å²) in [6, 6.07) is 27.4. The third-order valence-electron chi connectivity index (χ3n) is 5.54. The quantitative estimate of drug-likeness (QED) is 0.465. The fourth-order valence-electron chi connectivity index (χ4n) is 3.97. The van der Waals surface area contributed by atoms with Crippen molar-refractivity contribution in [2.45, 2.75) is 20.5 Å². The summed E-state index contributed by atoms with van der Waals surface area (Å²) in [5.74, 6) is 0.104. The molecule has 1 heterocycles. The van der Waals surface area contributed by atoms with Gasteiger partial charge in [-0.25, -0.2) is 0 Å². The van der Waals surface area contributed by atoms with Crippen molar-refractivity contribution in [3.63, 3.8) is 0 Å². The van der Waals surface area contributed by atoms with Crippen molar-refractivity contribution < 1.29 is 14.8 Å². The summed E-state index contributed by atoms with van der Waals surface area (Å²) >= 11 is 0. The van der Waals surface area contributed by atoms with Crippen LogP contribution in [0.3, 0.4) is 0 Å². The number of nitrogens with zero attached hydrogens (tertiary/aromatic N) is 1. The predicted octanol–water partition coefficient (Wildman–Crippen LogP) is 3.38. The second kappa shape index (κ2) is 9.26. The van der Waals surface area contributed by atoms with E-state index in [0.29, 0.717) is 11.4 Å². The van der Waals surface area contributed by atoms with E-state index in [1.54, 1.807) is 13.8 Å². The number of hydrogen-bond acceptors (Lipinski definition) is 4. The van der Waals surface area contributed by atoms with Gasteiger partial charge in [0.05, 0.1) is 11.2 Å². The number of rotatable bonds is 6. The molecular weight excluding hydrogens is 401 g/mol. The van der Waals surface area contributed by atoms with E-state index in [-0.39, 0.29) is 17.8 Å². The number of benzene rings is 3. The van der Waals surface area contributed by atoms with Gasteiger partial charge >= 0.3 is 7.12 Å². The Balaban J connectivity index is 1.85. The van der Waals surface area contributed by atoms with Gasteiger partial charge in [-0.1, -0.05) is 72.8 Å². The van der Waals surface area contributed by atoms with Gasteiger partial charge in [0.1, 0.15) is 6.61 Å². The number of pyridine rings is 1. The maximum absolute atomic E-state index is 13.1. The average Bonchev–Trinajstić information content (AvgIpc) is 2.80. The first-order chi connectivity index (χ1) is 15.5. The van der Waals surface area contributed by atoms with Crippen LogP contribution in [0.1, 0.15) is 17.0 Å². The van der Waals surface area contributed by atoms with E-state index in [1.807, 2.05) is 89.5 Å². The van der Waals surface area contributed by atoms with Crippen molar-refractivity contribution >= 4 is 12.6 Å². The largest absolute Gasteiger partial charge is 0.494 e. The molecule has 0 amide bonds. The summed E-state index contributed by atoms with van der Waals surface area (Å²) in [4.78, 5) is 13.1. The minimum Gasteiger partial charge on any atom is -0.483 e. The molecule has 2 N–H and O–H groups in total. The third-order valence-corrected chi connectivity index (χ3v) is 5.54. The second-order valence-electron chi connectivity index (χ2n) is 7.64. The van der Waals surface area contributed by atoms with Crippen LogP contribution >= 0.6 is 0 Å². The predicted molar refractivity (Wildman–Crippen MR) is 128 cm³/mol. The first-order valence-electron chi connectivity index (χ1n) is 10.4. The van der Waals surface area contributed by atoms with Crippen LogP contribution in [0.4, 0.5) is 0 Å². The van der Waals surface area contributed by atoms with Crippen molar-refractivity contribution in [2.75, 3.05) is 0 Å². The molecule has 0 saturated carbocycles. The van der Waals surface area contributed by atoms with Gasteiger partial charge in [0, 0.05) is 11.4 Å². The van der Waals surface area contributed by atoms with E-state index in [4.69, 9.17) is 4.74 Å². The summed E-state index contributed by atoms with van der Waals surface area (Å²) in [7, 11) is -1.91. The summed E-state index contributed by atoms with van der Waals surface area (Å²) in [5.41, 5.74) is 4.23. The zero-order valence-corrected chi connectivity index (χ0v) is 18.0. The lowest BCUT2D eigenvalue weighted by Crippen LogP contribution is -2.46. The molecule has 4 aromatic rings. The topological polar surface area (TPSA) is 71.7 Å². The molecule has 0 bridgehead atoms. The summed E-state index contributed by atoms with van der Waals surface area (Å²) in [6.07, 6.45) is 0. The van der Waals surface area contributed by atoms with Crippen molar-refractivity contribution in [2.24, 2.45) is 0 Å². The van der Waals surface area contributed by atoms with Gasteiger partial charge in [-0.05, 0) is 42.7 Å². The highest BCUT2D eigenvalue weighted by atomic mass is 16.5. The molecule has 0 atom stereocenters. The molecule has 4 rings (SSSR count). The first kappa shape index (κ1) is 21.6. The van der Waals surface area contributed by atoms with Crippen LogP contribution in [0.2, 0.25) is 0 Å². The Labute approximate surface area is 187 Å². The van der Waals surface area contributed by atoms with Crippen molar-refractivity contribution in [1.29, 1.82) is 0 Å². The van der Waals surface area contributed by atoms with Crippen LogP contribution in [0.5, 0.6) is 5.75 Å². The van der Waals surface area contributed by atoms with Gasteiger partial charge in [0.15, 0.2) is 5.75 Å². The monoisotopic (exact) mass is 425 g/mol. The Hall–Kier alpha value is -3.61. The van der Waals surface area contributed by atoms with E-state index in [2.05, 4.69) is 0 Å². The molecule has 0 aliphatic carbocycles. The van der Waals surface area contributed by atoms with Gasteiger partial charge in [0.25, 0.3) is 0 Å². The van der Waals surface area contributed by atoms with Crippen molar-refractivity contribution in [1.82, 2.24) is 4.57 Å². The Morgan fingerprint density at radius 3 is 2.09 bits per heavy atom. The highest BCUT2D eigenvalue weighted by Gasteiger charge is 2.26. The van der Waals surface area contributed by atoms with Crippen LogP contribution in [-0.2, 0) is 6.61 Å². The maximum Gasteiger partial charge on any atom is 0.494 e. The molecule has 0 fully saturated rings. The molecule has 0 aliphatic heterocycles. The summed E-state index contributed by atoms with van der Waals surface area (Å²) in [6.45, 7) is 3.71. The Morgan fingerprint density at radius 2 is 1.44 bits per heavy atom. The number of ether oxygens (including phenoxy) is 1. The molecule has 5 nitrogen and oxygen atoms in total. The highest BCUT2D eigenvalue weighted by molar-refractivity contribution is 6.59. The molecule has 0 radical (unpaired) electrons. The second-order valence-corrected chi connectivity index (χ2v) is 7.64. The Bertz CT molecular complexity index is 1280. The van der Waals surface area contributed by atoms with Crippen molar-refractivity contribution in [3.05, 3.63) is 112 Å². The minimum absolute atomic E-state index is 0.0937. The molecule has 3 aromatic carbocycles. The lowest BCUT2D eigenvalue weighted by molar-refractivity contribution is 0.298. The molecule has 32 heavy (non-hydrogen) atoms. The fourth-order valence-corrected chi connectivity index (χ4v) is 3.97. The molecule has 0 unspecified atom stereocenters. The van der Waals surface area contributed by atoms with Crippen molar-refractivity contribution in [3.8, 4) is 22.6 Å². The Kier molecular flexibility index (Phi) is 6.26. The van der Waals surface area contributed by atoms with Gasteiger partial charge in [0.2, 0.25) is 5.43 Å². The SMILES string of the molecule is Cc1c(OCc2ccccc2)c(=O)c(B(O)O)c(C)n1-c1cccc(-c2ccccc2)c1. The van der Waals surface area contributed by atoms with E-state index in [0.717, 1.165) is 22.4 Å². The zero-order chi connectivity index (χ0) is 22.7. The molecule has 160 valence electrons. The minimum atomic E-state index is -1.91. The molecule has 0 spiro atoms.